The minimum Gasteiger partial charge on any atom is -0.493 e. The molecule has 16 heavy (non-hydrogen) atoms. The van der Waals surface area contributed by atoms with Crippen molar-refractivity contribution in [3.05, 3.63) is 16.6 Å². The molecule has 1 unspecified atom stereocenters. The van der Waals surface area contributed by atoms with Gasteiger partial charge in [-0.3, -0.25) is 0 Å². The largest absolute Gasteiger partial charge is 0.493 e. The van der Waals surface area contributed by atoms with Crippen LogP contribution in [0.4, 0.5) is 0 Å². The van der Waals surface area contributed by atoms with Gasteiger partial charge in [0.2, 0.25) is 11.2 Å². The summed E-state index contributed by atoms with van der Waals surface area (Å²) in [6, 6.07) is 0.170. The van der Waals surface area contributed by atoms with Crippen molar-refractivity contribution in [1.29, 1.82) is 0 Å². The topological polar surface area (TPSA) is 50.9 Å². The Morgan fingerprint density at radius 3 is 2.75 bits per heavy atom. The number of rotatable bonds is 2. The molecular formula is C10H11Cl2N3O. The molecule has 2 rings (SSSR count). The van der Waals surface area contributed by atoms with Crippen LogP contribution in [-0.2, 0) is 0 Å². The van der Waals surface area contributed by atoms with E-state index < -0.39 is 0 Å². The molecule has 0 aliphatic rings. The Morgan fingerprint density at radius 1 is 1.44 bits per heavy atom. The van der Waals surface area contributed by atoms with Gasteiger partial charge in [0.05, 0.1) is 5.39 Å². The number of hydrogen-bond donors (Lipinski definition) is 1. The van der Waals surface area contributed by atoms with Gasteiger partial charge in [-0.25, -0.2) is 9.97 Å². The van der Waals surface area contributed by atoms with Gasteiger partial charge in [-0.1, -0.05) is 18.5 Å². The first-order chi connectivity index (χ1) is 7.54. The lowest BCUT2D eigenvalue weighted by Gasteiger charge is -2.11. The third-order valence-corrected chi connectivity index (χ3v) is 3.12. The highest BCUT2D eigenvalue weighted by molar-refractivity contribution is 6.35. The average molecular weight is 260 g/mol. The predicted octanol–water partition coefficient (Wildman–Crippen LogP) is 3.41. The molecule has 4 nitrogen and oxygen atoms in total. The molecule has 2 aromatic heterocycles. The minimum absolute atomic E-state index is 0.0368. The Kier molecular flexibility index (Phi) is 2.95. The first-order valence-electron chi connectivity index (χ1n) is 4.97. The highest BCUT2D eigenvalue weighted by atomic mass is 35.5. The van der Waals surface area contributed by atoms with Gasteiger partial charge in [0.1, 0.15) is 10.7 Å². The van der Waals surface area contributed by atoms with Crippen LogP contribution in [0.1, 0.15) is 26.3 Å². The standard InChI is InChI=1S/C10H11Cl2N3O/c1-3-5(2)15-4-6-7(9(15)16)13-10(12)14-8(6)11/h4-5,16H,3H2,1-2H3. The Labute approximate surface area is 103 Å². The van der Waals surface area contributed by atoms with Crippen LogP contribution in [-0.4, -0.2) is 19.6 Å². The second kappa shape index (κ2) is 4.11. The van der Waals surface area contributed by atoms with E-state index in [1.807, 2.05) is 13.8 Å². The zero-order valence-corrected chi connectivity index (χ0v) is 10.4. The summed E-state index contributed by atoms with van der Waals surface area (Å²) in [6.45, 7) is 4.04. The number of nitrogens with zero attached hydrogens (tertiary/aromatic N) is 3. The van der Waals surface area contributed by atoms with Crippen molar-refractivity contribution in [3.8, 4) is 5.88 Å². The highest BCUT2D eigenvalue weighted by Crippen LogP contribution is 2.33. The second-order valence-electron chi connectivity index (χ2n) is 3.66. The van der Waals surface area contributed by atoms with Crippen LogP contribution in [0, 0.1) is 0 Å². The molecule has 0 radical (unpaired) electrons. The van der Waals surface area contributed by atoms with E-state index in [0.29, 0.717) is 10.9 Å². The highest BCUT2D eigenvalue weighted by Gasteiger charge is 2.16. The van der Waals surface area contributed by atoms with E-state index >= 15 is 0 Å². The Morgan fingerprint density at radius 2 is 2.12 bits per heavy atom. The van der Waals surface area contributed by atoms with E-state index in [4.69, 9.17) is 23.2 Å². The summed E-state index contributed by atoms with van der Waals surface area (Å²) in [7, 11) is 0. The van der Waals surface area contributed by atoms with Gasteiger partial charge >= 0.3 is 0 Å². The maximum Gasteiger partial charge on any atom is 0.224 e. The van der Waals surface area contributed by atoms with Crippen molar-refractivity contribution >= 4 is 34.1 Å². The van der Waals surface area contributed by atoms with Gasteiger partial charge in [0, 0.05) is 12.2 Å². The van der Waals surface area contributed by atoms with Gasteiger partial charge in [-0.2, -0.15) is 0 Å². The molecule has 2 aromatic rings. The zero-order chi connectivity index (χ0) is 11.9. The normalized spacial score (nSPS) is 13.2. The third-order valence-electron chi connectivity index (χ3n) is 2.66. The second-order valence-corrected chi connectivity index (χ2v) is 4.36. The first kappa shape index (κ1) is 11.5. The SMILES string of the molecule is CCC(C)n1cc2c(Cl)nc(Cl)nc2c1O. The quantitative estimate of drug-likeness (QED) is 0.664. The van der Waals surface area contributed by atoms with Crippen molar-refractivity contribution < 1.29 is 5.11 Å². The van der Waals surface area contributed by atoms with Gasteiger partial charge in [-0.15, -0.1) is 0 Å². The van der Waals surface area contributed by atoms with Crippen molar-refractivity contribution in [2.24, 2.45) is 0 Å². The molecule has 0 aliphatic heterocycles. The van der Waals surface area contributed by atoms with E-state index in [0.717, 1.165) is 6.42 Å². The van der Waals surface area contributed by atoms with E-state index in [1.165, 1.54) is 0 Å². The van der Waals surface area contributed by atoms with Crippen LogP contribution in [0.3, 0.4) is 0 Å². The number of aromatic nitrogens is 3. The number of halogens is 2. The summed E-state index contributed by atoms with van der Waals surface area (Å²) in [6.07, 6.45) is 2.64. The van der Waals surface area contributed by atoms with Crippen molar-refractivity contribution in [2.45, 2.75) is 26.3 Å². The van der Waals surface area contributed by atoms with Crippen LogP contribution in [0.5, 0.6) is 5.88 Å². The monoisotopic (exact) mass is 259 g/mol. The smallest absolute Gasteiger partial charge is 0.224 e. The van der Waals surface area contributed by atoms with E-state index in [9.17, 15) is 5.11 Å². The Balaban J connectivity index is 2.72. The van der Waals surface area contributed by atoms with Crippen LogP contribution in [0.25, 0.3) is 10.9 Å². The van der Waals surface area contributed by atoms with E-state index in [-0.39, 0.29) is 22.4 Å². The maximum absolute atomic E-state index is 10.00. The predicted molar refractivity (Wildman–Crippen MR) is 64.2 cm³/mol. The summed E-state index contributed by atoms with van der Waals surface area (Å²) in [5.41, 5.74) is 0.394. The summed E-state index contributed by atoms with van der Waals surface area (Å²) in [5.74, 6) is 0.0792. The molecule has 0 saturated carbocycles. The van der Waals surface area contributed by atoms with Gasteiger partial charge in [0.25, 0.3) is 0 Å². The Bertz CT molecular complexity index is 538. The fourth-order valence-corrected chi connectivity index (χ4v) is 1.99. The van der Waals surface area contributed by atoms with Crippen LogP contribution < -0.4 is 0 Å². The molecule has 0 aromatic carbocycles. The summed E-state index contributed by atoms with van der Waals surface area (Å²) >= 11 is 11.6. The van der Waals surface area contributed by atoms with Gasteiger partial charge in [-0.05, 0) is 24.9 Å². The average Bonchev–Trinajstić information content (AvgIpc) is 2.56. The van der Waals surface area contributed by atoms with Gasteiger partial charge < -0.3 is 9.67 Å². The summed E-state index contributed by atoms with van der Waals surface area (Å²) in [5, 5.41) is 10.9. The molecule has 0 bridgehead atoms. The molecule has 6 heteroatoms. The first-order valence-corrected chi connectivity index (χ1v) is 5.72. The fourth-order valence-electron chi connectivity index (χ4n) is 1.56. The molecule has 1 atom stereocenters. The lowest BCUT2D eigenvalue weighted by atomic mass is 10.2. The fraction of sp³-hybridized carbons (Fsp3) is 0.400. The third kappa shape index (κ3) is 1.72. The molecule has 0 fully saturated rings. The van der Waals surface area contributed by atoms with Crippen LogP contribution in [0.15, 0.2) is 6.20 Å². The lowest BCUT2D eigenvalue weighted by molar-refractivity contribution is 0.390. The molecule has 1 N–H and O–H groups in total. The molecule has 2 heterocycles. The van der Waals surface area contributed by atoms with E-state index in [2.05, 4.69) is 9.97 Å². The number of fused-ring (bicyclic) bond motifs is 1. The summed E-state index contributed by atoms with van der Waals surface area (Å²) in [4.78, 5) is 7.81. The molecule has 0 spiro atoms. The molecule has 0 amide bonds. The maximum atomic E-state index is 10.00. The molecule has 0 aliphatic carbocycles. The van der Waals surface area contributed by atoms with Crippen LogP contribution >= 0.6 is 23.2 Å². The molecule has 0 saturated heterocycles. The number of hydrogen-bond acceptors (Lipinski definition) is 3. The zero-order valence-electron chi connectivity index (χ0n) is 8.91. The van der Waals surface area contributed by atoms with Crippen LogP contribution in [0.2, 0.25) is 10.4 Å². The number of aromatic hydroxyl groups is 1. The van der Waals surface area contributed by atoms with Crippen molar-refractivity contribution in [2.75, 3.05) is 0 Å². The lowest BCUT2D eigenvalue weighted by Crippen LogP contribution is -2.00. The van der Waals surface area contributed by atoms with Crippen molar-refractivity contribution in [1.82, 2.24) is 14.5 Å². The Hall–Kier alpha value is -1.00. The van der Waals surface area contributed by atoms with E-state index in [1.54, 1.807) is 10.8 Å². The van der Waals surface area contributed by atoms with Gasteiger partial charge in [0.15, 0.2) is 0 Å². The molecular weight excluding hydrogens is 249 g/mol. The minimum atomic E-state index is 0.0368. The summed E-state index contributed by atoms with van der Waals surface area (Å²) < 4.78 is 1.72. The van der Waals surface area contributed by atoms with Crippen molar-refractivity contribution in [3.63, 3.8) is 0 Å². The molecule has 86 valence electrons.